The maximum Gasteiger partial charge on any atom is 0.0672 e. The second kappa shape index (κ2) is 5.70. The van der Waals surface area contributed by atoms with Crippen LogP contribution < -0.4 is 17.3 Å². The van der Waals surface area contributed by atoms with Gasteiger partial charge in [-0.25, -0.2) is 0 Å². The van der Waals surface area contributed by atoms with Crippen LogP contribution in [0.2, 0.25) is 0 Å². The maximum atomic E-state index is 2.61. The minimum atomic E-state index is 0. The number of benzene rings is 2. The molecule has 2 aromatic rings. The Bertz CT molecular complexity index is 641. The summed E-state index contributed by atoms with van der Waals surface area (Å²) in [4.78, 5) is 5.06. The Kier molecular flexibility index (Phi) is 3.92. The summed E-state index contributed by atoms with van der Waals surface area (Å²) < 4.78 is 0. The van der Waals surface area contributed by atoms with E-state index in [0.29, 0.717) is 6.04 Å². The first-order valence-electron chi connectivity index (χ1n) is 7.44. The van der Waals surface area contributed by atoms with Gasteiger partial charge in [0.1, 0.15) is 0 Å². The van der Waals surface area contributed by atoms with Crippen LogP contribution in [0.25, 0.3) is 0 Å². The highest BCUT2D eigenvalue weighted by Gasteiger charge is 2.31. The van der Waals surface area contributed by atoms with Crippen molar-refractivity contribution < 1.29 is 12.4 Å². The molecule has 0 N–H and O–H groups in total. The first-order valence-corrected chi connectivity index (χ1v) is 7.44. The summed E-state index contributed by atoms with van der Waals surface area (Å²) in [7, 11) is 2.23. The molecular weight excluding hydrogens is 280 g/mol. The van der Waals surface area contributed by atoms with E-state index in [1.54, 1.807) is 0 Å². The zero-order chi connectivity index (χ0) is 13.5. The third-order valence-electron chi connectivity index (χ3n) is 4.68. The third-order valence-corrected chi connectivity index (χ3v) is 4.68. The van der Waals surface area contributed by atoms with E-state index in [0.717, 1.165) is 26.1 Å². The van der Waals surface area contributed by atoms with Crippen molar-refractivity contribution in [3.05, 3.63) is 65.2 Å². The van der Waals surface area contributed by atoms with Gasteiger partial charge in [-0.2, -0.15) is 0 Å². The van der Waals surface area contributed by atoms with Crippen LogP contribution in [-0.2, 0) is 6.42 Å². The lowest BCUT2D eigenvalue weighted by Crippen LogP contribution is -3.00. The van der Waals surface area contributed by atoms with Crippen molar-refractivity contribution in [1.29, 1.82) is 0 Å². The number of anilines is 1. The molecule has 1 atom stereocenters. The molecule has 2 aliphatic rings. The van der Waals surface area contributed by atoms with Crippen LogP contribution in [-0.4, -0.2) is 31.6 Å². The zero-order valence-corrected chi connectivity index (χ0v) is 13.1. The molecule has 2 aromatic carbocycles. The minimum absolute atomic E-state index is 0. The van der Waals surface area contributed by atoms with Crippen molar-refractivity contribution in [3.8, 4) is 0 Å². The SMILES string of the molecule is CN1CCN2c3ccccc3Cc3ccccc3C2C1.[Cl-]. The van der Waals surface area contributed by atoms with Crippen molar-refractivity contribution in [2.75, 3.05) is 31.6 Å². The molecular formula is C18H20ClN2-. The molecule has 0 aliphatic carbocycles. The molecule has 2 aliphatic heterocycles. The second-order valence-electron chi connectivity index (χ2n) is 5.98. The molecule has 110 valence electrons. The highest BCUT2D eigenvalue weighted by Crippen LogP contribution is 2.38. The van der Waals surface area contributed by atoms with Crippen molar-refractivity contribution in [2.45, 2.75) is 12.5 Å². The maximum absolute atomic E-state index is 2.61. The van der Waals surface area contributed by atoms with E-state index in [9.17, 15) is 0 Å². The largest absolute Gasteiger partial charge is 1.00 e. The number of likely N-dealkylation sites (N-methyl/N-ethyl adjacent to an activating group) is 1. The number of piperazine rings is 1. The van der Waals surface area contributed by atoms with Gasteiger partial charge in [0.15, 0.2) is 0 Å². The second-order valence-corrected chi connectivity index (χ2v) is 5.98. The topological polar surface area (TPSA) is 6.48 Å². The molecule has 1 saturated heterocycles. The Balaban J connectivity index is 0.00000132. The fourth-order valence-corrected chi connectivity index (χ4v) is 3.64. The summed E-state index contributed by atoms with van der Waals surface area (Å²) in [6.45, 7) is 3.38. The number of hydrogen-bond donors (Lipinski definition) is 0. The van der Waals surface area contributed by atoms with Gasteiger partial charge in [-0.05, 0) is 36.2 Å². The highest BCUT2D eigenvalue weighted by molar-refractivity contribution is 5.60. The summed E-state index contributed by atoms with van der Waals surface area (Å²) >= 11 is 0. The lowest BCUT2D eigenvalue weighted by atomic mass is 9.96. The van der Waals surface area contributed by atoms with Gasteiger partial charge in [0.2, 0.25) is 0 Å². The minimum Gasteiger partial charge on any atom is -1.00 e. The van der Waals surface area contributed by atoms with Gasteiger partial charge >= 0.3 is 0 Å². The quantitative estimate of drug-likeness (QED) is 0.680. The van der Waals surface area contributed by atoms with Crippen molar-refractivity contribution in [1.82, 2.24) is 4.90 Å². The van der Waals surface area contributed by atoms with E-state index >= 15 is 0 Å². The zero-order valence-electron chi connectivity index (χ0n) is 12.3. The Morgan fingerprint density at radius 3 is 2.48 bits per heavy atom. The van der Waals surface area contributed by atoms with Gasteiger partial charge < -0.3 is 22.2 Å². The first kappa shape index (κ1) is 14.4. The molecule has 1 unspecified atom stereocenters. The average Bonchev–Trinajstić information content (AvgIpc) is 2.61. The number of nitrogens with zero attached hydrogens (tertiary/aromatic N) is 2. The average molecular weight is 300 g/mol. The molecule has 3 heteroatoms. The lowest BCUT2D eigenvalue weighted by Gasteiger charge is -2.41. The molecule has 2 nitrogen and oxygen atoms in total. The number of rotatable bonds is 0. The molecule has 0 aromatic heterocycles. The summed E-state index contributed by atoms with van der Waals surface area (Å²) in [6, 6.07) is 18.4. The number of para-hydroxylation sites is 1. The molecule has 2 heterocycles. The molecule has 1 fully saturated rings. The molecule has 21 heavy (non-hydrogen) atoms. The van der Waals surface area contributed by atoms with E-state index in [1.165, 1.54) is 22.4 Å². The predicted molar refractivity (Wildman–Crippen MR) is 83.3 cm³/mol. The van der Waals surface area contributed by atoms with E-state index in [-0.39, 0.29) is 12.4 Å². The monoisotopic (exact) mass is 299 g/mol. The van der Waals surface area contributed by atoms with Crippen LogP contribution in [0.5, 0.6) is 0 Å². The molecule has 0 spiro atoms. The lowest BCUT2D eigenvalue weighted by molar-refractivity contribution is -0.00000397. The first-order chi connectivity index (χ1) is 9.83. The van der Waals surface area contributed by atoms with Crippen molar-refractivity contribution >= 4 is 5.69 Å². The van der Waals surface area contributed by atoms with E-state index < -0.39 is 0 Å². The van der Waals surface area contributed by atoms with E-state index in [4.69, 9.17) is 0 Å². The number of halogens is 1. The Hall–Kier alpha value is -1.51. The molecule has 0 amide bonds. The number of fused-ring (bicyclic) bond motifs is 5. The Labute approximate surface area is 132 Å². The van der Waals surface area contributed by atoms with Gasteiger partial charge in [-0.1, -0.05) is 42.5 Å². The van der Waals surface area contributed by atoms with Crippen LogP contribution in [0.1, 0.15) is 22.7 Å². The fraction of sp³-hybridized carbons (Fsp3) is 0.333. The van der Waals surface area contributed by atoms with Crippen LogP contribution in [0.3, 0.4) is 0 Å². The molecule has 4 rings (SSSR count). The normalized spacial score (nSPS) is 20.6. The van der Waals surface area contributed by atoms with Crippen molar-refractivity contribution in [3.63, 3.8) is 0 Å². The predicted octanol–water partition coefficient (Wildman–Crippen LogP) is 0.0879. The van der Waals surface area contributed by atoms with Crippen LogP contribution in [0.15, 0.2) is 48.5 Å². The van der Waals surface area contributed by atoms with Crippen molar-refractivity contribution in [2.24, 2.45) is 0 Å². The van der Waals surface area contributed by atoms with Gasteiger partial charge in [-0.3, -0.25) is 0 Å². The number of hydrogen-bond acceptors (Lipinski definition) is 2. The summed E-state index contributed by atoms with van der Waals surface area (Å²) in [5, 5.41) is 0. The Morgan fingerprint density at radius 2 is 1.62 bits per heavy atom. The van der Waals surface area contributed by atoms with Crippen LogP contribution >= 0.6 is 0 Å². The van der Waals surface area contributed by atoms with E-state index in [2.05, 4.69) is 65.4 Å². The summed E-state index contributed by atoms with van der Waals surface area (Å²) in [5.74, 6) is 0. The Morgan fingerprint density at radius 1 is 0.905 bits per heavy atom. The van der Waals surface area contributed by atoms with Gasteiger partial charge in [0.25, 0.3) is 0 Å². The fourth-order valence-electron chi connectivity index (χ4n) is 3.64. The smallest absolute Gasteiger partial charge is 0.0672 e. The van der Waals surface area contributed by atoms with Gasteiger partial charge in [0, 0.05) is 25.3 Å². The summed E-state index contributed by atoms with van der Waals surface area (Å²) in [6.07, 6.45) is 1.06. The van der Waals surface area contributed by atoms with Crippen LogP contribution in [0, 0.1) is 0 Å². The van der Waals surface area contributed by atoms with Crippen LogP contribution in [0.4, 0.5) is 5.69 Å². The van der Waals surface area contributed by atoms with E-state index in [1.807, 2.05) is 0 Å². The standard InChI is InChI=1S/C18H20N2.ClH/c1-19-10-11-20-17-9-5-3-7-15(17)12-14-6-2-4-8-16(14)18(20)13-19;/h2-9,18H,10-13H2,1H3;1H/p-1. The molecule has 0 saturated carbocycles. The summed E-state index contributed by atoms with van der Waals surface area (Å²) in [5.41, 5.74) is 5.90. The molecule has 0 bridgehead atoms. The van der Waals surface area contributed by atoms with Gasteiger partial charge in [-0.15, -0.1) is 0 Å². The molecule has 0 radical (unpaired) electrons. The third kappa shape index (κ3) is 2.43. The highest BCUT2D eigenvalue weighted by atomic mass is 35.5. The van der Waals surface area contributed by atoms with Gasteiger partial charge in [0.05, 0.1) is 6.04 Å².